The van der Waals surface area contributed by atoms with Gasteiger partial charge in [-0.1, -0.05) is 0 Å². The normalized spacial score (nSPS) is 12.2. The van der Waals surface area contributed by atoms with Gasteiger partial charge >= 0.3 is 5.97 Å². The first-order chi connectivity index (χ1) is 19.8. The Kier molecular flexibility index (Phi) is 19.0. The molecular weight excluding hydrogens is 544 g/mol. The highest BCUT2D eigenvalue weighted by Gasteiger charge is 2.24. The lowest BCUT2D eigenvalue weighted by Crippen LogP contribution is -2.47. The molecule has 0 spiro atoms. The van der Waals surface area contributed by atoms with E-state index in [0.717, 1.165) is 0 Å². The number of amides is 3. The smallest absolute Gasteiger partial charge is 0.310 e. The summed E-state index contributed by atoms with van der Waals surface area (Å²) in [5.41, 5.74) is 0.627. The van der Waals surface area contributed by atoms with Gasteiger partial charge in [0.25, 0.3) is 0 Å². The third-order valence-electron chi connectivity index (χ3n) is 5.48. The van der Waals surface area contributed by atoms with Crippen molar-refractivity contribution < 1.29 is 48.1 Å². The van der Waals surface area contributed by atoms with Crippen LogP contribution in [0.3, 0.4) is 0 Å². The molecule has 0 saturated carbocycles. The van der Waals surface area contributed by atoms with Gasteiger partial charge in [-0.2, -0.15) is 0 Å². The molecule has 0 radical (unpaired) electrons. The fourth-order valence-electron chi connectivity index (χ4n) is 3.44. The van der Waals surface area contributed by atoms with Crippen LogP contribution in [0.25, 0.3) is 0 Å². The molecule has 2 atom stereocenters. The van der Waals surface area contributed by atoms with Crippen LogP contribution in [0.2, 0.25) is 0 Å². The topological polar surface area (TPSA) is 227 Å². The summed E-state index contributed by atoms with van der Waals surface area (Å²) >= 11 is 0. The van der Waals surface area contributed by atoms with Crippen LogP contribution in [-0.2, 0) is 49.4 Å². The van der Waals surface area contributed by atoms with Gasteiger partial charge in [-0.3, -0.25) is 28.8 Å². The van der Waals surface area contributed by atoms with Crippen LogP contribution in [0.5, 0.6) is 0 Å². The van der Waals surface area contributed by atoms with Crippen LogP contribution >= 0.6 is 0 Å². The number of ether oxygens (including phenoxy) is 3. The van der Waals surface area contributed by atoms with E-state index in [1.54, 1.807) is 6.92 Å². The molecular formula is C25H40N6O10. The standard InChI is InChI=1S/C25H40N6O10/c1-2-39-14-23(35)28-6-7-40-8-9-41-15-24(36)27-5-3-4-19(21(33)11-25(37)38)29-13-22(34)20(31-17-32)10-18-12-26-16-30-18/h12,16-17,19-20,29H,2-11,13-15H2,1H3,(H,26,30)(H,27,36)(H,28,35)(H,31,32)(H,37,38)/t19-,20?/m0/s1. The van der Waals surface area contributed by atoms with E-state index >= 15 is 0 Å². The number of aromatic amines is 1. The fourth-order valence-corrected chi connectivity index (χ4v) is 3.44. The lowest BCUT2D eigenvalue weighted by atomic mass is 10.0. The van der Waals surface area contributed by atoms with Crippen LogP contribution in [0.4, 0.5) is 0 Å². The number of nitrogens with zero attached hydrogens (tertiary/aromatic N) is 1. The third kappa shape index (κ3) is 17.5. The molecule has 6 N–H and O–H groups in total. The summed E-state index contributed by atoms with van der Waals surface area (Å²) in [6, 6.07) is -1.81. The van der Waals surface area contributed by atoms with Crippen molar-refractivity contribution in [3.05, 3.63) is 18.2 Å². The first-order valence-electron chi connectivity index (χ1n) is 13.2. The molecule has 0 saturated heterocycles. The Morgan fingerprint density at radius 1 is 0.976 bits per heavy atom. The van der Waals surface area contributed by atoms with Gasteiger partial charge in [-0.15, -0.1) is 0 Å². The van der Waals surface area contributed by atoms with Gasteiger partial charge in [-0.25, -0.2) is 4.98 Å². The van der Waals surface area contributed by atoms with Gasteiger partial charge in [0, 0.05) is 38.0 Å². The lowest BCUT2D eigenvalue weighted by molar-refractivity contribution is -0.140. The first-order valence-corrected chi connectivity index (χ1v) is 13.2. The van der Waals surface area contributed by atoms with Gasteiger partial charge in [0.1, 0.15) is 19.6 Å². The highest BCUT2D eigenvalue weighted by atomic mass is 16.5. The van der Waals surface area contributed by atoms with E-state index in [4.69, 9.17) is 19.3 Å². The lowest BCUT2D eigenvalue weighted by Gasteiger charge is -2.19. The molecule has 3 amide bonds. The molecule has 0 bridgehead atoms. The van der Waals surface area contributed by atoms with Crippen molar-refractivity contribution in [3.63, 3.8) is 0 Å². The Bertz CT molecular complexity index is 943. The van der Waals surface area contributed by atoms with Crippen LogP contribution in [-0.4, -0.2) is 122 Å². The predicted octanol–water partition coefficient (Wildman–Crippen LogP) is -2.28. The second kappa shape index (κ2) is 22.0. The van der Waals surface area contributed by atoms with Gasteiger partial charge in [0.2, 0.25) is 18.2 Å². The molecule has 0 aliphatic rings. The Hall–Kier alpha value is -3.73. The zero-order valence-corrected chi connectivity index (χ0v) is 23.1. The highest BCUT2D eigenvalue weighted by Crippen LogP contribution is 2.04. The Morgan fingerprint density at radius 2 is 1.68 bits per heavy atom. The highest BCUT2D eigenvalue weighted by molar-refractivity contribution is 5.98. The van der Waals surface area contributed by atoms with E-state index in [2.05, 4.69) is 31.2 Å². The molecule has 0 aliphatic heterocycles. The number of carboxylic acid groups (broad SMARTS) is 1. The van der Waals surface area contributed by atoms with Crippen LogP contribution < -0.4 is 21.3 Å². The number of carbonyl (C=O) groups is 6. The number of carboxylic acids is 1. The van der Waals surface area contributed by atoms with E-state index in [0.29, 0.717) is 31.7 Å². The number of H-pyrrole nitrogens is 1. The quantitative estimate of drug-likeness (QED) is 0.0385. The monoisotopic (exact) mass is 584 g/mol. The van der Waals surface area contributed by atoms with Crippen LogP contribution in [0.1, 0.15) is 31.9 Å². The van der Waals surface area contributed by atoms with Crippen molar-refractivity contribution in [1.82, 2.24) is 31.2 Å². The minimum absolute atomic E-state index is 0.00187. The van der Waals surface area contributed by atoms with Crippen LogP contribution in [0, 0.1) is 0 Å². The zero-order valence-electron chi connectivity index (χ0n) is 23.1. The minimum Gasteiger partial charge on any atom is -0.481 e. The van der Waals surface area contributed by atoms with E-state index < -0.39 is 36.0 Å². The molecule has 1 rings (SSSR count). The van der Waals surface area contributed by atoms with E-state index in [1.807, 2.05) is 0 Å². The predicted molar refractivity (Wildman–Crippen MR) is 143 cm³/mol. The summed E-state index contributed by atoms with van der Waals surface area (Å²) in [6.45, 7) is 2.98. The first kappa shape index (κ1) is 35.3. The molecule has 0 aromatic carbocycles. The van der Waals surface area contributed by atoms with Gasteiger partial charge in [0.05, 0.1) is 44.8 Å². The summed E-state index contributed by atoms with van der Waals surface area (Å²) in [5, 5.41) is 19.5. The SMILES string of the molecule is CCOCC(=O)NCCOCCOCC(=O)NCCC[C@H](NCC(=O)C(Cc1cnc[nH]1)NC=O)C(=O)CC(=O)O. The Labute approximate surface area is 237 Å². The second-order valence-electron chi connectivity index (χ2n) is 8.70. The largest absolute Gasteiger partial charge is 0.481 e. The molecule has 0 aliphatic carbocycles. The molecule has 16 heteroatoms. The minimum atomic E-state index is -1.30. The summed E-state index contributed by atoms with van der Waals surface area (Å²) in [7, 11) is 0. The molecule has 1 heterocycles. The van der Waals surface area contributed by atoms with E-state index in [9.17, 15) is 28.8 Å². The van der Waals surface area contributed by atoms with Gasteiger partial charge in [0.15, 0.2) is 11.6 Å². The molecule has 1 unspecified atom stereocenters. The number of hydrogen-bond acceptors (Lipinski definition) is 11. The number of rotatable bonds is 26. The number of ketones is 2. The fraction of sp³-hybridized carbons (Fsp3) is 0.640. The number of nitrogens with one attached hydrogen (secondary N) is 5. The number of hydrogen-bond donors (Lipinski definition) is 6. The van der Waals surface area contributed by atoms with Crippen molar-refractivity contribution in [3.8, 4) is 0 Å². The number of imidazole rings is 1. The van der Waals surface area contributed by atoms with Crippen molar-refractivity contribution >= 4 is 35.8 Å². The number of aromatic nitrogens is 2. The van der Waals surface area contributed by atoms with Crippen molar-refractivity contribution in [2.24, 2.45) is 0 Å². The maximum absolute atomic E-state index is 12.6. The average Bonchev–Trinajstić information content (AvgIpc) is 3.45. The average molecular weight is 585 g/mol. The van der Waals surface area contributed by atoms with Crippen LogP contribution in [0.15, 0.2) is 12.5 Å². The maximum atomic E-state index is 12.6. The van der Waals surface area contributed by atoms with E-state index in [-0.39, 0.29) is 70.8 Å². The number of Topliss-reactive ketones (excluding diaryl/α,β-unsaturated/α-hetero) is 2. The van der Waals surface area contributed by atoms with Gasteiger partial charge in [-0.05, 0) is 19.8 Å². The second-order valence-corrected chi connectivity index (χ2v) is 8.70. The summed E-state index contributed by atoms with van der Waals surface area (Å²) in [4.78, 5) is 77.0. The number of carbonyl (C=O) groups excluding carboxylic acids is 5. The molecule has 0 fully saturated rings. The maximum Gasteiger partial charge on any atom is 0.310 e. The molecule has 41 heavy (non-hydrogen) atoms. The Morgan fingerprint density at radius 3 is 2.34 bits per heavy atom. The van der Waals surface area contributed by atoms with Crippen molar-refractivity contribution in [1.29, 1.82) is 0 Å². The summed E-state index contributed by atoms with van der Waals surface area (Å²) in [6.07, 6.45) is 3.29. The zero-order chi connectivity index (χ0) is 30.3. The summed E-state index contributed by atoms with van der Waals surface area (Å²) in [5.74, 6) is -2.92. The molecule has 1 aromatic heterocycles. The third-order valence-corrected chi connectivity index (χ3v) is 5.48. The number of aliphatic carboxylic acids is 1. The van der Waals surface area contributed by atoms with E-state index in [1.165, 1.54) is 12.5 Å². The summed E-state index contributed by atoms with van der Waals surface area (Å²) < 4.78 is 15.5. The molecule has 230 valence electrons. The Balaban J connectivity index is 2.31. The molecule has 1 aromatic rings. The van der Waals surface area contributed by atoms with Crippen molar-refractivity contribution in [2.45, 2.75) is 44.7 Å². The van der Waals surface area contributed by atoms with Crippen molar-refractivity contribution in [2.75, 3.05) is 59.3 Å². The van der Waals surface area contributed by atoms with Gasteiger partial charge < -0.3 is 45.6 Å². The molecule has 16 nitrogen and oxygen atoms in total.